The van der Waals surface area contributed by atoms with Crippen LogP contribution < -0.4 is 10.6 Å². The standard InChI is InChI=1S/C31H34ClN5O2/c1-5-22-14-11-15-24(18-22)33-30(39)36(20-23-12-7-6-8-13-23)21-29(38)34-28-19-27(31(2,3)4)35-37(28)26-17-10-9-16-25(26)32/h6-19H,5,20-21H2,1-4H3,(H,33,39)(H,34,38). The van der Waals surface area contributed by atoms with Crippen LogP contribution in [0.2, 0.25) is 5.02 Å². The van der Waals surface area contributed by atoms with Crippen molar-refractivity contribution in [2.75, 3.05) is 17.2 Å². The molecule has 7 nitrogen and oxygen atoms in total. The minimum Gasteiger partial charge on any atom is -0.311 e. The number of aryl methyl sites for hydroxylation is 1. The first-order chi connectivity index (χ1) is 18.6. The molecular weight excluding hydrogens is 510 g/mol. The molecule has 202 valence electrons. The van der Waals surface area contributed by atoms with E-state index in [9.17, 15) is 9.59 Å². The van der Waals surface area contributed by atoms with Crippen LogP contribution in [-0.4, -0.2) is 33.2 Å². The zero-order chi connectivity index (χ0) is 28.0. The van der Waals surface area contributed by atoms with Crippen LogP contribution in [0.15, 0.2) is 84.9 Å². The Morgan fingerprint density at radius 3 is 2.28 bits per heavy atom. The van der Waals surface area contributed by atoms with Gasteiger partial charge in [-0.05, 0) is 41.8 Å². The summed E-state index contributed by atoms with van der Waals surface area (Å²) in [6.07, 6.45) is 0.857. The summed E-state index contributed by atoms with van der Waals surface area (Å²) in [7, 11) is 0. The van der Waals surface area contributed by atoms with Crippen LogP contribution in [-0.2, 0) is 23.2 Å². The number of anilines is 2. The second kappa shape index (κ2) is 12.2. The van der Waals surface area contributed by atoms with Gasteiger partial charge in [0.2, 0.25) is 5.91 Å². The molecule has 0 saturated heterocycles. The second-order valence-electron chi connectivity index (χ2n) is 10.4. The molecule has 0 aliphatic heterocycles. The minimum absolute atomic E-state index is 0.160. The number of carbonyl (C=O) groups excluding carboxylic acids is 2. The molecule has 1 heterocycles. The second-order valence-corrected chi connectivity index (χ2v) is 10.8. The van der Waals surface area contributed by atoms with E-state index in [1.165, 1.54) is 4.90 Å². The number of nitrogens with zero attached hydrogens (tertiary/aromatic N) is 3. The van der Waals surface area contributed by atoms with E-state index in [0.29, 0.717) is 22.2 Å². The van der Waals surface area contributed by atoms with E-state index in [2.05, 4.69) is 38.3 Å². The number of hydrogen-bond acceptors (Lipinski definition) is 3. The normalized spacial score (nSPS) is 11.2. The highest BCUT2D eigenvalue weighted by molar-refractivity contribution is 6.32. The number of amides is 3. The summed E-state index contributed by atoms with van der Waals surface area (Å²) in [6.45, 7) is 8.33. The van der Waals surface area contributed by atoms with Gasteiger partial charge in [-0.2, -0.15) is 5.10 Å². The maximum Gasteiger partial charge on any atom is 0.322 e. The molecule has 0 radical (unpaired) electrons. The largest absolute Gasteiger partial charge is 0.322 e. The van der Waals surface area contributed by atoms with Gasteiger partial charge in [0.15, 0.2) is 0 Å². The Morgan fingerprint density at radius 2 is 1.59 bits per heavy atom. The van der Waals surface area contributed by atoms with Gasteiger partial charge < -0.3 is 15.5 Å². The van der Waals surface area contributed by atoms with Crippen molar-refractivity contribution >= 4 is 35.0 Å². The number of hydrogen-bond donors (Lipinski definition) is 2. The Kier molecular flexibility index (Phi) is 8.72. The Balaban J connectivity index is 1.59. The molecule has 0 atom stereocenters. The topological polar surface area (TPSA) is 79.3 Å². The molecule has 0 saturated carbocycles. The van der Waals surface area contributed by atoms with E-state index in [4.69, 9.17) is 16.7 Å². The van der Waals surface area contributed by atoms with Gasteiger partial charge in [0, 0.05) is 23.7 Å². The van der Waals surface area contributed by atoms with E-state index in [-0.39, 0.29) is 30.4 Å². The molecule has 3 amide bonds. The lowest BCUT2D eigenvalue weighted by Gasteiger charge is -2.23. The van der Waals surface area contributed by atoms with Gasteiger partial charge in [0.1, 0.15) is 12.4 Å². The predicted octanol–water partition coefficient (Wildman–Crippen LogP) is 7.06. The first kappa shape index (κ1) is 27.9. The monoisotopic (exact) mass is 543 g/mol. The van der Waals surface area contributed by atoms with Crippen LogP contribution in [0.1, 0.15) is 44.5 Å². The number of carbonyl (C=O) groups is 2. The Labute approximate surface area is 234 Å². The quantitative estimate of drug-likeness (QED) is 0.250. The molecule has 3 aromatic carbocycles. The van der Waals surface area contributed by atoms with Gasteiger partial charge in [0.05, 0.1) is 16.4 Å². The Morgan fingerprint density at radius 1 is 0.897 bits per heavy atom. The average molecular weight is 544 g/mol. The molecule has 4 rings (SSSR count). The summed E-state index contributed by atoms with van der Waals surface area (Å²) in [6, 6.07) is 26.1. The van der Waals surface area contributed by atoms with Crippen LogP contribution in [0.5, 0.6) is 0 Å². The van der Waals surface area contributed by atoms with Crippen LogP contribution in [0.25, 0.3) is 5.69 Å². The Bertz CT molecular complexity index is 1440. The molecule has 1 aromatic heterocycles. The van der Waals surface area contributed by atoms with Crippen LogP contribution in [0.3, 0.4) is 0 Å². The lowest BCUT2D eigenvalue weighted by atomic mass is 9.92. The summed E-state index contributed by atoms with van der Waals surface area (Å²) in [5, 5.41) is 11.2. The molecule has 0 aliphatic rings. The van der Waals surface area contributed by atoms with Crippen molar-refractivity contribution in [3.63, 3.8) is 0 Å². The molecule has 4 aromatic rings. The maximum atomic E-state index is 13.4. The zero-order valence-corrected chi connectivity index (χ0v) is 23.5. The summed E-state index contributed by atoms with van der Waals surface area (Å²) >= 11 is 6.47. The lowest BCUT2D eigenvalue weighted by molar-refractivity contribution is -0.116. The van der Waals surface area contributed by atoms with Crippen molar-refractivity contribution in [3.8, 4) is 5.69 Å². The third-order valence-electron chi connectivity index (χ3n) is 6.25. The lowest BCUT2D eigenvalue weighted by Crippen LogP contribution is -2.40. The van der Waals surface area contributed by atoms with Crippen LogP contribution in [0.4, 0.5) is 16.3 Å². The Hall–Kier alpha value is -4.10. The first-order valence-corrected chi connectivity index (χ1v) is 13.4. The van der Waals surface area contributed by atoms with Crippen molar-refractivity contribution in [1.82, 2.24) is 14.7 Å². The number of urea groups is 1. The first-order valence-electron chi connectivity index (χ1n) is 13.0. The van der Waals surface area contributed by atoms with E-state index in [0.717, 1.165) is 23.2 Å². The summed E-state index contributed by atoms with van der Waals surface area (Å²) < 4.78 is 1.64. The minimum atomic E-state index is -0.364. The van der Waals surface area contributed by atoms with E-state index in [1.807, 2.05) is 78.9 Å². The number of nitrogens with one attached hydrogen (secondary N) is 2. The van der Waals surface area contributed by atoms with Gasteiger partial charge in [-0.1, -0.05) is 93.9 Å². The summed E-state index contributed by atoms with van der Waals surface area (Å²) in [5.74, 6) is 0.130. The molecule has 8 heteroatoms. The van der Waals surface area contributed by atoms with Crippen molar-refractivity contribution < 1.29 is 9.59 Å². The highest BCUT2D eigenvalue weighted by atomic mass is 35.5. The molecule has 0 fully saturated rings. The van der Waals surface area contributed by atoms with Gasteiger partial charge in [-0.3, -0.25) is 4.79 Å². The van der Waals surface area contributed by atoms with Crippen molar-refractivity contribution in [2.45, 2.75) is 46.1 Å². The smallest absolute Gasteiger partial charge is 0.311 e. The predicted molar refractivity (Wildman–Crippen MR) is 158 cm³/mol. The fraction of sp³-hybridized carbons (Fsp3) is 0.258. The molecule has 0 unspecified atom stereocenters. The number of benzene rings is 3. The summed E-state index contributed by atoms with van der Waals surface area (Å²) in [4.78, 5) is 28.3. The fourth-order valence-electron chi connectivity index (χ4n) is 4.07. The highest BCUT2D eigenvalue weighted by Gasteiger charge is 2.24. The van der Waals surface area contributed by atoms with Crippen LogP contribution in [0, 0.1) is 0 Å². The van der Waals surface area contributed by atoms with Crippen molar-refractivity contribution in [3.05, 3.63) is 107 Å². The number of rotatable bonds is 8. The molecule has 39 heavy (non-hydrogen) atoms. The van der Waals surface area contributed by atoms with E-state index in [1.54, 1.807) is 10.7 Å². The van der Waals surface area contributed by atoms with Gasteiger partial charge >= 0.3 is 6.03 Å². The third kappa shape index (κ3) is 7.27. The maximum absolute atomic E-state index is 13.4. The van der Waals surface area contributed by atoms with E-state index < -0.39 is 0 Å². The summed E-state index contributed by atoms with van der Waals surface area (Å²) in [5.41, 5.74) is 3.91. The van der Waals surface area contributed by atoms with Gasteiger partial charge in [0.25, 0.3) is 0 Å². The SMILES string of the molecule is CCc1cccc(NC(=O)N(CC(=O)Nc2cc(C(C)(C)C)nn2-c2ccccc2Cl)Cc2ccccc2)c1. The van der Waals surface area contributed by atoms with E-state index >= 15 is 0 Å². The molecular formula is C31H34ClN5O2. The van der Waals surface area contributed by atoms with Crippen molar-refractivity contribution in [1.29, 1.82) is 0 Å². The molecule has 0 aliphatic carbocycles. The van der Waals surface area contributed by atoms with Gasteiger partial charge in [-0.25, -0.2) is 9.48 Å². The van der Waals surface area contributed by atoms with Gasteiger partial charge in [-0.15, -0.1) is 0 Å². The highest BCUT2D eigenvalue weighted by Crippen LogP contribution is 2.29. The average Bonchev–Trinajstić information content (AvgIpc) is 3.33. The molecule has 2 N–H and O–H groups in total. The molecule has 0 spiro atoms. The zero-order valence-electron chi connectivity index (χ0n) is 22.7. The fourth-order valence-corrected chi connectivity index (χ4v) is 4.29. The molecule has 0 bridgehead atoms. The van der Waals surface area contributed by atoms with Crippen molar-refractivity contribution in [2.24, 2.45) is 0 Å². The number of aromatic nitrogens is 2. The number of halogens is 1. The number of para-hydroxylation sites is 1. The van der Waals surface area contributed by atoms with Crippen LogP contribution >= 0.6 is 11.6 Å². The third-order valence-corrected chi connectivity index (χ3v) is 6.57.